The van der Waals surface area contributed by atoms with Crippen molar-refractivity contribution in [3.8, 4) is 0 Å². The number of benzene rings is 2. The summed E-state index contributed by atoms with van der Waals surface area (Å²) in [6.07, 6.45) is 2.06. The van der Waals surface area contributed by atoms with Crippen LogP contribution in [0.3, 0.4) is 0 Å². The fourth-order valence-electron chi connectivity index (χ4n) is 3.37. The Morgan fingerprint density at radius 1 is 1.11 bits per heavy atom. The molecule has 0 spiro atoms. The van der Waals surface area contributed by atoms with E-state index in [0.29, 0.717) is 23.7 Å². The van der Waals surface area contributed by atoms with Gasteiger partial charge in [0.2, 0.25) is 15.9 Å². The van der Waals surface area contributed by atoms with Gasteiger partial charge in [-0.05, 0) is 62.6 Å². The van der Waals surface area contributed by atoms with Crippen molar-refractivity contribution in [1.29, 1.82) is 0 Å². The number of nitrogens with one attached hydrogen (secondary N) is 1. The van der Waals surface area contributed by atoms with Crippen molar-refractivity contribution in [2.75, 3.05) is 11.9 Å². The summed E-state index contributed by atoms with van der Waals surface area (Å²) < 4.78 is 27.5. The third-order valence-electron chi connectivity index (χ3n) is 4.82. The van der Waals surface area contributed by atoms with E-state index in [4.69, 9.17) is 11.6 Å². The van der Waals surface area contributed by atoms with Crippen molar-refractivity contribution >= 4 is 33.2 Å². The lowest BCUT2D eigenvalue weighted by Gasteiger charge is -2.33. The van der Waals surface area contributed by atoms with Crippen molar-refractivity contribution in [2.45, 2.75) is 44.0 Å². The first-order valence-electron chi connectivity index (χ1n) is 8.94. The van der Waals surface area contributed by atoms with Crippen molar-refractivity contribution in [1.82, 2.24) is 4.31 Å². The summed E-state index contributed by atoms with van der Waals surface area (Å²) in [6, 6.07) is 11.1. The maximum atomic E-state index is 13.1. The van der Waals surface area contributed by atoms with E-state index in [1.165, 1.54) is 16.4 Å². The summed E-state index contributed by atoms with van der Waals surface area (Å²) in [6.45, 7) is 4.24. The van der Waals surface area contributed by atoms with Crippen LogP contribution in [-0.2, 0) is 14.8 Å². The lowest BCUT2D eigenvalue weighted by molar-refractivity contribution is -0.120. The van der Waals surface area contributed by atoms with E-state index < -0.39 is 16.1 Å². The highest BCUT2D eigenvalue weighted by Gasteiger charge is 2.37. The smallest absolute Gasteiger partial charge is 0.243 e. The van der Waals surface area contributed by atoms with Gasteiger partial charge < -0.3 is 5.32 Å². The van der Waals surface area contributed by atoms with Crippen LogP contribution in [0, 0.1) is 13.8 Å². The second-order valence-electron chi connectivity index (χ2n) is 6.89. The number of anilines is 1. The summed E-state index contributed by atoms with van der Waals surface area (Å²) >= 11 is 5.87. The molecule has 1 atom stereocenters. The second-order valence-corrected chi connectivity index (χ2v) is 9.22. The Labute approximate surface area is 165 Å². The molecule has 0 aliphatic carbocycles. The lowest BCUT2D eigenvalue weighted by Crippen LogP contribution is -2.49. The van der Waals surface area contributed by atoms with Gasteiger partial charge in [-0.15, -0.1) is 0 Å². The molecule has 2 aromatic rings. The van der Waals surface area contributed by atoms with Gasteiger partial charge >= 0.3 is 0 Å². The maximum Gasteiger partial charge on any atom is 0.243 e. The van der Waals surface area contributed by atoms with Crippen molar-refractivity contribution in [3.05, 3.63) is 58.6 Å². The number of amides is 1. The third kappa shape index (κ3) is 4.34. The molecule has 1 heterocycles. The predicted octanol–water partition coefficient (Wildman–Crippen LogP) is 4.14. The van der Waals surface area contributed by atoms with Gasteiger partial charge in [0, 0.05) is 17.3 Å². The minimum atomic E-state index is -3.77. The Hall–Kier alpha value is -1.89. The van der Waals surface area contributed by atoms with Gasteiger partial charge in [0.25, 0.3) is 0 Å². The zero-order valence-electron chi connectivity index (χ0n) is 15.4. The zero-order chi connectivity index (χ0) is 19.6. The molecule has 1 saturated heterocycles. The molecule has 2 aromatic carbocycles. The average molecular weight is 407 g/mol. The van der Waals surface area contributed by atoms with E-state index in [9.17, 15) is 13.2 Å². The lowest BCUT2D eigenvalue weighted by atomic mass is 10.0. The molecule has 7 heteroatoms. The highest BCUT2D eigenvalue weighted by atomic mass is 35.5. The van der Waals surface area contributed by atoms with Crippen molar-refractivity contribution in [3.63, 3.8) is 0 Å². The number of piperidine rings is 1. The summed E-state index contributed by atoms with van der Waals surface area (Å²) in [5.74, 6) is -0.292. The Morgan fingerprint density at radius 2 is 1.81 bits per heavy atom. The third-order valence-corrected chi connectivity index (χ3v) is 6.99. The van der Waals surface area contributed by atoms with E-state index in [1.807, 2.05) is 32.0 Å². The van der Waals surface area contributed by atoms with Gasteiger partial charge in [-0.3, -0.25) is 4.79 Å². The Morgan fingerprint density at radius 3 is 2.48 bits per heavy atom. The van der Waals surface area contributed by atoms with Gasteiger partial charge in [0.1, 0.15) is 6.04 Å². The van der Waals surface area contributed by atoms with Gasteiger partial charge in [-0.25, -0.2) is 8.42 Å². The molecular weight excluding hydrogens is 384 g/mol. The number of sulfonamides is 1. The number of rotatable bonds is 4. The summed E-state index contributed by atoms with van der Waals surface area (Å²) in [4.78, 5) is 13.1. The fourth-order valence-corrected chi connectivity index (χ4v) is 5.15. The number of aryl methyl sites for hydroxylation is 2. The summed E-state index contributed by atoms with van der Waals surface area (Å²) in [5.41, 5.74) is 2.77. The summed E-state index contributed by atoms with van der Waals surface area (Å²) in [7, 11) is -3.77. The first-order chi connectivity index (χ1) is 12.8. The predicted molar refractivity (Wildman–Crippen MR) is 108 cm³/mol. The van der Waals surface area contributed by atoms with E-state index in [-0.39, 0.29) is 10.8 Å². The van der Waals surface area contributed by atoms with E-state index >= 15 is 0 Å². The van der Waals surface area contributed by atoms with Crippen molar-refractivity contribution < 1.29 is 13.2 Å². The molecule has 1 N–H and O–H groups in total. The van der Waals surface area contributed by atoms with E-state index in [0.717, 1.165) is 24.0 Å². The molecule has 0 unspecified atom stereocenters. The number of halogens is 1. The zero-order valence-corrected chi connectivity index (χ0v) is 17.0. The minimum absolute atomic E-state index is 0.151. The Bertz CT molecular complexity index is 942. The monoisotopic (exact) mass is 406 g/mol. The largest absolute Gasteiger partial charge is 0.324 e. The highest BCUT2D eigenvalue weighted by molar-refractivity contribution is 7.89. The molecule has 1 amide bonds. The molecule has 0 saturated carbocycles. The van der Waals surface area contributed by atoms with Crippen LogP contribution in [0.15, 0.2) is 47.4 Å². The van der Waals surface area contributed by atoms with Crippen LogP contribution in [0.5, 0.6) is 0 Å². The number of nitrogens with zero attached hydrogens (tertiary/aromatic N) is 1. The number of hydrogen-bond donors (Lipinski definition) is 1. The van der Waals surface area contributed by atoms with Crippen LogP contribution < -0.4 is 5.32 Å². The number of carbonyl (C=O) groups is 1. The molecule has 0 bridgehead atoms. The van der Waals surface area contributed by atoms with Crippen LogP contribution >= 0.6 is 11.6 Å². The molecule has 0 radical (unpaired) electrons. The molecule has 1 aliphatic rings. The summed E-state index contributed by atoms with van der Waals surface area (Å²) in [5, 5.41) is 3.37. The minimum Gasteiger partial charge on any atom is -0.324 e. The molecule has 0 aromatic heterocycles. The van der Waals surface area contributed by atoms with Crippen LogP contribution in [0.4, 0.5) is 5.69 Å². The van der Waals surface area contributed by atoms with E-state index in [2.05, 4.69) is 5.32 Å². The molecule has 1 fully saturated rings. The van der Waals surface area contributed by atoms with Crippen LogP contribution in [-0.4, -0.2) is 31.2 Å². The van der Waals surface area contributed by atoms with Gasteiger partial charge in [0.05, 0.1) is 4.90 Å². The quantitative estimate of drug-likeness (QED) is 0.829. The fraction of sp³-hybridized carbons (Fsp3) is 0.350. The van der Waals surface area contributed by atoms with Crippen molar-refractivity contribution in [2.24, 2.45) is 0 Å². The SMILES string of the molecule is Cc1ccc(NC(=O)[C@@H]2CCCCN2S(=O)(=O)c2ccc(Cl)cc2)c(C)c1. The normalized spacial score (nSPS) is 18.3. The first kappa shape index (κ1) is 19.9. The van der Waals surface area contributed by atoms with E-state index in [1.54, 1.807) is 12.1 Å². The molecule has 144 valence electrons. The van der Waals surface area contributed by atoms with Gasteiger partial charge in [-0.1, -0.05) is 35.7 Å². The molecule has 27 heavy (non-hydrogen) atoms. The molecule has 3 rings (SSSR count). The van der Waals surface area contributed by atoms with Crippen LogP contribution in [0.25, 0.3) is 0 Å². The highest BCUT2D eigenvalue weighted by Crippen LogP contribution is 2.27. The number of hydrogen-bond acceptors (Lipinski definition) is 3. The Kier molecular flexibility index (Phi) is 5.89. The van der Waals surface area contributed by atoms with Gasteiger partial charge in [0.15, 0.2) is 0 Å². The number of carbonyl (C=O) groups excluding carboxylic acids is 1. The standard InChI is InChI=1S/C20H23ClN2O3S/c1-14-6-11-18(15(2)13-14)22-20(24)19-5-3-4-12-23(19)27(25,26)17-9-7-16(21)8-10-17/h6-11,13,19H,3-5,12H2,1-2H3,(H,22,24)/t19-/m0/s1. The molecular formula is C20H23ClN2O3S. The maximum absolute atomic E-state index is 13.1. The Balaban J connectivity index is 1.86. The van der Waals surface area contributed by atoms with Gasteiger partial charge in [-0.2, -0.15) is 4.31 Å². The molecule has 1 aliphatic heterocycles. The average Bonchev–Trinajstić information content (AvgIpc) is 2.64. The first-order valence-corrected chi connectivity index (χ1v) is 10.8. The molecule has 5 nitrogen and oxygen atoms in total. The topological polar surface area (TPSA) is 66.5 Å². The van der Waals surface area contributed by atoms with Crippen LogP contribution in [0.1, 0.15) is 30.4 Å². The second kappa shape index (κ2) is 8.00. The van der Waals surface area contributed by atoms with Crippen LogP contribution in [0.2, 0.25) is 5.02 Å².